The Bertz CT molecular complexity index is 1330. The quantitative estimate of drug-likeness (QED) is 0.381. The number of hydrogen-bond donors (Lipinski definition) is 2. The van der Waals surface area contributed by atoms with Crippen molar-refractivity contribution < 1.29 is 13.9 Å². The van der Waals surface area contributed by atoms with Crippen LogP contribution in [0, 0.1) is 5.82 Å². The van der Waals surface area contributed by atoms with Gasteiger partial charge in [0.1, 0.15) is 22.8 Å². The Hall–Kier alpha value is -4.12. The van der Waals surface area contributed by atoms with Crippen LogP contribution in [0.3, 0.4) is 0 Å². The summed E-state index contributed by atoms with van der Waals surface area (Å²) >= 11 is 5.30. The number of rotatable bonds is 7. The number of hydrogen-bond acceptors (Lipinski definition) is 6. The zero-order valence-corrected chi connectivity index (χ0v) is 19.4. The summed E-state index contributed by atoms with van der Waals surface area (Å²) in [6.07, 6.45) is 1.52. The summed E-state index contributed by atoms with van der Waals surface area (Å²) in [7, 11) is 0. The third kappa shape index (κ3) is 5.19. The molecule has 2 aromatic heterocycles. The van der Waals surface area contributed by atoms with Crippen molar-refractivity contribution in [2.24, 2.45) is 0 Å². The summed E-state index contributed by atoms with van der Waals surface area (Å²) in [6, 6.07) is 17.5. The number of amides is 1. The molecule has 1 aliphatic heterocycles. The number of cyclic esters (lactones) is 1. The highest BCUT2D eigenvalue weighted by atomic mass is 32.1. The maximum absolute atomic E-state index is 14.9. The van der Waals surface area contributed by atoms with Gasteiger partial charge in [0.25, 0.3) is 0 Å². The molecule has 178 valence electrons. The van der Waals surface area contributed by atoms with E-state index < -0.39 is 18.0 Å². The van der Waals surface area contributed by atoms with Gasteiger partial charge in [-0.15, -0.1) is 15.0 Å². The molecule has 1 amide bonds. The van der Waals surface area contributed by atoms with E-state index in [1.54, 1.807) is 30.5 Å². The van der Waals surface area contributed by atoms with E-state index in [-0.39, 0.29) is 12.2 Å². The van der Waals surface area contributed by atoms with Gasteiger partial charge in [0.15, 0.2) is 10.9 Å². The number of ether oxygens (including phenoxy) is 1. The lowest BCUT2D eigenvalue weighted by Gasteiger charge is -2.15. The van der Waals surface area contributed by atoms with Gasteiger partial charge in [-0.05, 0) is 48.6 Å². The van der Waals surface area contributed by atoms with E-state index in [1.165, 1.54) is 15.8 Å². The summed E-state index contributed by atoms with van der Waals surface area (Å²) < 4.78 is 20.3. The van der Waals surface area contributed by atoms with Crippen molar-refractivity contribution in [3.05, 3.63) is 78.4 Å². The fraction of sp³-hybridized carbons (Fsp3) is 0.208. The van der Waals surface area contributed by atoms with Crippen molar-refractivity contribution in [1.29, 1.82) is 0 Å². The summed E-state index contributed by atoms with van der Waals surface area (Å²) in [6.45, 7) is 1.23. The van der Waals surface area contributed by atoms with Crippen LogP contribution in [0.1, 0.15) is 5.69 Å². The van der Waals surface area contributed by atoms with E-state index in [0.717, 1.165) is 12.1 Å². The number of carbonyl (C=O) groups excluding carboxylic acids is 1. The molecule has 9 nitrogen and oxygen atoms in total. The monoisotopic (exact) mass is 491 g/mol. The molecule has 0 aliphatic carbocycles. The maximum Gasteiger partial charge on any atom is 0.414 e. The van der Waals surface area contributed by atoms with Gasteiger partial charge >= 0.3 is 6.09 Å². The molecule has 2 N–H and O–H groups in total. The lowest BCUT2D eigenvalue weighted by atomic mass is 10.2. The molecule has 0 bridgehead atoms. The van der Waals surface area contributed by atoms with Gasteiger partial charge in [-0.2, -0.15) is 0 Å². The van der Waals surface area contributed by atoms with Gasteiger partial charge in [0.2, 0.25) is 0 Å². The van der Waals surface area contributed by atoms with Gasteiger partial charge in [-0.25, -0.2) is 9.18 Å². The van der Waals surface area contributed by atoms with Crippen LogP contribution in [-0.2, 0) is 11.2 Å². The topological polar surface area (TPSA) is 97.2 Å². The first kappa shape index (κ1) is 22.7. The number of aromatic nitrogens is 4. The highest BCUT2D eigenvalue weighted by Crippen LogP contribution is 2.25. The Morgan fingerprint density at radius 1 is 1.09 bits per heavy atom. The minimum atomic E-state index is -0.546. The van der Waals surface area contributed by atoms with Crippen molar-refractivity contribution >= 4 is 40.1 Å². The summed E-state index contributed by atoms with van der Waals surface area (Å²) in [5.41, 5.74) is 2.89. The molecule has 1 atom stereocenters. The highest BCUT2D eigenvalue weighted by Gasteiger charge is 2.32. The van der Waals surface area contributed by atoms with Crippen LogP contribution >= 0.6 is 12.2 Å². The second kappa shape index (κ2) is 10.0. The second-order valence-electron chi connectivity index (χ2n) is 7.94. The van der Waals surface area contributed by atoms with Crippen LogP contribution in [0.2, 0.25) is 0 Å². The molecule has 1 aliphatic rings. The van der Waals surface area contributed by atoms with E-state index in [4.69, 9.17) is 17.0 Å². The van der Waals surface area contributed by atoms with Crippen LogP contribution in [0.25, 0.3) is 16.7 Å². The number of benzene rings is 2. The molecule has 4 aromatic rings. The fourth-order valence-electron chi connectivity index (χ4n) is 3.75. The minimum absolute atomic E-state index is 0.192. The largest absolute Gasteiger partial charge is 0.442 e. The van der Waals surface area contributed by atoms with Crippen molar-refractivity contribution in [2.75, 3.05) is 24.5 Å². The van der Waals surface area contributed by atoms with Crippen LogP contribution in [0.4, 0.5) is 14.9 Å². The van der Waals surface area contributed by atoms with Gasteiger partial charge in [-0.1, -0.05) is 18.2 Å². The van der Waals surface area contributed by atoms with Gasteiger partial charge in [-0.3, -0.25) is 9.88 Å². The third-order valence-electron chi connectivity index (χ3n) is 5.50. The molecule has 2 aromatic carbocycles. The number of fused-ring (bicyclic) bond motifs is 1. The SMILES string of the molecule is O=C1O[C@@H](CNC(=S)NCCc2ccccn2)CN1c1ccc(-n2nc3ccccc3n2)c(F)c1. The Kier molecular flexibility index (Phi) is 6.49. The van der Waals surface area contributed by atoms with E-state index >= 15 is 0 Å². The van der Waals surface area contributed by atoms with Crippen molar-refractivity contribution in [1.82, 2.24) is 30.6 Å². The Balaban J connectivity index is 1.15. The normalized spacial score (nSPS) is 15.3. The number of nitrogens with zero attached hydrogens (tertiary/aromatic N) is 5. The standard InChI is InChI=1S/C24H22FN7O2S/c25-19-13-17(8-9-22(19)32-29-20-6-1-2-7-21(20)30-32)31-15-18(34-24(31)33)14-28-23(35)27-12-10-16-5-3-4-11-26-16/h1-9,11,13,18H,10,12,14-15H2,(H2,27,28,35)/t18-/m0/s1. The average Bonchev–Trinajstić information content (AvgIpc) is 3.46. The lowest BCUT2D eigenvalue weighted by molar-refractivity contribution is 0.143. The smallest absolute Gasteiger partial charge is 0.414 e. The fourth-order valence-corrected chi connectivity index (χ4v) is 3.94. The molecule has 35 heavy (non-hydrogen) atoms. The Morgan fingerprint density at radius 2 is 1.86 bits per heavy atom. The van der Waals surface area contributed by atoms with Gasteiger partial charge in [0.05, 0.1) is 18.8 Å². The van der Waals surface area contributed by atoms with Crippen molar-refractivity contribution in [3.8, 4) is 5.69 Å². The minimum Gasteiger partial charge on any atom is -0.442 e. The molecule has 11 heteroatoms. The van der Waals surface area contributed by atoms with Crippen molar-refractivity contribution in [3.63, 3.8) is 0 Å². The van der Waals surface area contributed by atoms with Gasteiger partial charge < -0.3 is 15.4 Å². The number of nitrogens with one attached hydrogen (secondary N) is 2. The first-order valence-electron chi connectivity index (χ1n) is 11.1. The maximum atomic E-state index is 14.9. The van der Waals surface area contributed by atoms with Crippen molar-refractivity contribution in [2.45, 2.75) is 12.5 Å². The molecule has 0 saturated carbocycles. The molecule has 0 unspecified atom stereocenters. The molecule has 0 radical (unpaired) electrons. The van der Waals surface area contributed by atoms with Gasteiger partial charge in [0, 0.05) is 30.9 Å². The number of thiocarbonyl (C=S) groups is 1. The first-order valence-corrected chi connectivity index (χ1v) is 11.5. The van der Waals surface area contributed by atoms with Crippen LogP contribution in [0.5, 0.6) is 0 Å². The number of carbonyl (C=O) groups is 1. The molecular weight excluding hydrogens is 469 g/mol. The molecule has 1 saturated heterocycles. The zero-order valence-electron chi connectivity index (χ0n) is 18.6. The van der Waals surface area contributed by atoms with Crippen LogP contribution in [-0.4, -0.2) is 56.9 Å². The lowest BCUT2D eigenvalue weighted by Crippen LogP contribution is -2.41. The molecule has 5 rings (SSSR count). The van der Waals surface area contributed by atoms with E-state index in [9.17, 15) is 9.18 Å². The van der Waals surface area contributed by atoms with E-state index in [0.29, 0.717) is 34.9 Å². The predicted molar refractivity (Wildman–Crippen MR) is 133 cm³/mol. The average molecular weight is 492 g/mol. The Labute approximate surface area is 205 Å². The third-order valence-corrected chi connectivity index (χ3v) is 5.79. The molecule has 1 fully saturated rings. The zero-order chi connectivity index (χ0) is 24.2. The van der Waals surface area contributed by atoms with E-state index in [1.807, 2.05) is 30.3 Å². The highest BCUT2D eigenvalue weighted by molar-refractivity contribution is 7.80. The molecule has 0 spiro atoms. The van der Waals surface area contributed by atoms with Crippen LogP contribution in [0.15, 0.2) is 66.9 Å². The summed E-state index contributed by atoms with van der Waals surface area (Å²) in [4.78, 5) is 19.3. The molecule has 3 heterocycles. The molecular formula is C24H22FN7O2S. The van der Waals surface area contributed by atoms with E-state index in [2.05, 4.69) is 25.8 Å². The number of anilines is 1. The second-order valence-corrected chi connectivity index (χ2v) is 8.35. The first-order chi connectivity index (χ1) is 17.1. The summed E-state index contributed by atoms with van der Waals surface area (Å²) in [5, 5.41) is 15.2. The number of halogens is 1. The summed E-state index contributed by atoms with van der Waals surface area (Å²) in [5.74, 6) is -0.546. The van der Waals surface area contributed by atoms with Crippen LogP contribution < -0.4 is 15.5 Å². The predicted octanol–water partition coefficient (Wildman–Crippen LogP) is 2.99. The Morgan fingerprint density at radius 3 is 2.57 bits per heavy atom. The number of pyridine rings is 1.